The van der Waals surface area contributed by atoms with Crippen LogP contribution < -0.4 is 0 Å². The monoisotopic (exact) mass is 380 g/mol. The van der Waals surface area contributed by atoms with Crippen molar-refractivity contribution in [3.8, 4) is 0 Å². The smallest absolute Gasteiger partial charge is 0.408 e. The van der Waals surface area contributed by atoms with E-state index in [2.05, 4.69) is 53.6 Å². The first-order valence-corrected chi connectivity index (χ1v) is 8.47. The molecule has 7 heteroatoms. The molecule has 0 saturated carbocycles. The SMILES string of the molecule is C[C@@H]1CN(C(=O)O)[C@](c2nc3cc(Br)cnc3[nH]2)(C(C)(C)C)C1. The zero-order valence-corrected chi connectivity index (χ0v) is 15.3. The molecule has 2 N–H and O–H groups in total. The van der Waals surface area contributed by atoms with E-state index >= 15 is 0 Å². The van der Waals surface area contributed by atoms with Gasteiger partial charge in [0.25, 0.3) is 0 Å². The van der Waals surface area contributed by atoms with E-state index in [1.54, 1.807) is 11.1 Å². The lowest BCUT2D eigenvalue weighted by Gasteiger charge is -2.45. The molecule has 1 aliphatic rings. The minimum absolute atomic E-state index is 0.276. The van der Waals surface area contributed by atoms with Crippen LogP contribution in [0.4, 0.5) is 4.79 Å². The van der Waals surface area contributed by atoms with Crippen molar-refractivity contribution in [1.82, 2.24) is 19.9 Å². The summed E-state index contributed by atoms with van der Waals surface area (Å²) >= 11 is 3.40. The molecular formula is C16H21BrN4O2. The van der Waals surface area contributed by atoms with Gasteiger partial charge in [-0.2, -0.15) is 0 Å². The van der Waals surface area contributed by atoms with Crippen molar-refractivity contribution < 1.29 is 9.90 Å². The number of amides is 1. The molecule has 3 heterocycles. The molecule has 3 rings (SSSR count). The molecule has 1 fully saturated rings. The number of rotatable bonds is 1. The number of pyridine rings is 1. The molecule has 1 aliphatic heterocycles. The van der Waals surface area contributed by atoms with Crippen molar-refractivity contribution >= 4 is 33.2 Å². The van der Waals surface area contributed by atoms with Crippen LogP contribution in [0.2, 0.25) is 0 Å². The Bertz CT molecular complexity index is 767. The van der Waals surface area contributed by atoms with Crippen LogP contribution in [-0.2, 0) is 5.54 Å². The number of carboxylic acid groups (broad SMARTS) is 1. The molecule has 0 aromatic carbocycles. The Hall–Kier alpha value is -1.63. The van der Waals surface area contributed by atoms with E-state index < -0.39 is 11.6 Å². The number of halogens is 1. The number of nitrogens with one attached hydrogen (secondary N) is 1. The summed E-state index contributed by atoms with van der Waals surface area (Å²) in [5.74, 6) is 0.954. The van der Waals surface area contributed by atoms with Gasteiger partial charge in [-0.25, -0.2) is 14.8 Å². The van der Waals surface area contributed by atoms with Crippen molar-refractivity contribution in [1.29, 1.82) is 0 Å². The predicted molar refractivity (Wildman–Crippen MR) is 91.2 cm³/mol. The second-order valence-electron chi connectivity index (χ2n) is 7.42. The average Bonchev–Trinajstić information content (AvgIpc) is 2.98. The second-order valence-corrected chi connectivity index (χ2v) is 8.34. The maximum Gasteiger partial charge on any atom is 0.408 e. The molecule has 0 spiro atoms. The third kappa shape index (κ3) is 2.41. The number of nitrogens with zero attached hydrogens (tertiary/aromatic N) is 3. The number of aromatic nitrogens is 3. The number of fused-ring (bicyclic) bond motifs is 1. The quantitative estimate of drug-likeness (QED) is 0.783. The Kier molecular flexibility index (Phi) is 3.66. The van der Waals surface area contributed by atoms with E-state index in [1.165, 1.54) is 0 Å². The largest absolute Gasteiger partial charge is 0.465 e. The van der Waals surface area contributed by atoms with E-state index in [4.69, 9.17) is 4.98 Å². The van der Waals surface area contributed by atoms with Crippen LogP contribution in [0.3, 0.4) is 0 Å². The van der Waals surface area contributed by atoms with Gasteiger partial charge in [-0.1, -0.05) is 27.7 Å². The topological polar surface area (TPSA) is 82.1 Å². The minimum atomic E-state index is -0.904. The molecule has 1 amide bonds. The molecule has 6 nitrogen and oxygen atoms in total. The van der Waals surface area contributed by atoms with Gasteiger partial charge in [0.15, 0.2) is 5.65 Å². The highest BCUT2D eigenvalue weighted by molar-refractivity contribution is 9.10. The summed E-state index contributed by atoms with van der Waals surface area (Å²) in [6, 6.07) is 1.89. The lowest BCUT2D eigenvalue weighted by Crippen LogP contribution is -2.53. The molecular weight excluding hydrogens is 360 g/mol. The van der Waals surface area contributed by atoms with E-state index in [-0.39, 0.29) is 11.3 Å². The van der Waals surface area contributed by atoms with Gasteiger partial charge < -0.3 is 10.1 Å². The number of hydrogen-bond acceptors (Lipinski definition) is 3. The first-order valence-electron chi connectivity index (χ1n) is 7.67. The summed E-state index contributed by atoms with van der Waals surface area (Å²) in [7, 11) is 0. The van der Waals surface area contributed by atoms with Crippen LogP contribution in [0.15, 0.2) is 16.7 Å². The highest BCUT2D eigenvalue weighted by Gasteiger charge is 2.57. The van der Waals surface area contributed by atoms with Crippen LogP contribution in [0.5, 0.6) is 0 Å². The van der Waals surface area contributed by atoms with Crippen molar-refractivity contribution in [2.45, 2.75) is 39.7 Å². The maximum absolute atomic E-state index is 11.9. The fourth-order valence-electron chi connectivity index (χ4n) is 3.75. The van der Waals surface area contributed by atoms with Crippen LogP contribution >= 0.6 is 15.9 Å². The molecule has 0 radical (unpaired) electrons. The van der Waals surface area contributed by atoms with Gasteiger partial charge in [0, 0.05) is 17.2 Å². The van der Waals surface area contributed by atoms with E-state index in [0.29, 0.717) is 18.0 Å². The van der Waals surface area contributed by atoms with Crippen molar-refractivity contribution in [2.75, 3.05) is 6.54 Å². The normalized spacial score (nSPS) is 25.3. The summed E-state index contributed by atoms with van der Waals surface area (Å²) in [5.41, 5.74) is 0.423. The fourth-order valence-corrected chi connectivity index (χ4v) is 4.06. The van der Waals surface area contributed by atoms with Gasteiger partial charge in [-0.05, 0) is 39.8 Å². The van der Waals surface area contributed by atoms with Crippen LogP contribution in [-0.4, -0.2) is 37.6 Å². The van der Waals surface area contributed by atoms with Gasteiger partial charge in [-0.15, -0.1) is 0 Å². The first kappa shape index (κ1) is 16.2. The number of likely N-dealkylation sites (tertiary alicyclic amines) is 1. The second kappa shape index (κ2) is 5.19. The number of H-pyrrole nitrogens is 1. The Labute approximate surface area is 143 Å². The third-order valence-electron chi connectivity index (χ3n) is 4.77. The third-order valence-corrected chi connectivity index (χ3v) is 5.20. The summed E-state index contributed by atoms with van der Waals surface area (Å²) in [4.78, 5) is 25.8. The van der Waals surface area contributed by atoms with Gasteiger partial charge in [-0.3, -0.25) is 4.90 Å². The maximum atomic E-state index is 11.9. The Balaban J connectivity index is 2.24. The summed E-state index contributed by atoms with van der Waals surface area (Å²) in [6.45, 7) is 8.80. The lowest BCUT2D eigenvalue weighted by molar-refractivity contribution is 0.0217. The zero-order valence-electron chi connectivity index (χ0n) is 13.7. The molecule has 2 aromatic heterocycles. The first-order chi connectivity index (χ1) is 10.6. The van der Waals surface area contributed by atoms with Crippen molar-refractivity contribution in [2.24, 2.45) is 11.3 Å². The molecule has 1 saturated heterocycles. The number of aromatic amines is 1. The van der Waals surface area contributed by atoms with E-state index in [9.17, 15) is 9.90 Å². The Morgan fingerprint density at radius 2 is 2.22 bits per heavy atom. The Morgan fingerprint density at radius 1 is 1.52 bits per heavy atom. The van der Waals surface area contributed by atoms with Crippen LogP contribution in [0, 0.1) is 11.3 Å². The summed E-state index contributed by atoms with van der Waals surface area (Å²) < 4.78 is 0.850. The summed E-state index contributed by atoms with van der Waals surface area (Å²) in [5, 5.41) is 9.77. The number of hydrogen-bond donors (Lipinski definition) is 2. The average molecular weight is 381 g/mol. The molecule has 124 valence electrons. The van der Waals surface area contributed by atoms with Crippen LogP contribution in [0.1, 0.15) is 39.9 Å². The molecule has 0 aliphatic carbocycles. The van der Waals surface area contributed by atoms with Crippen molar-refractivity contribution in [3.63, 3.8) is 0 Å². The van der Waals surface area contributed by atoms with Gasteiger partial charge in [0.1, 0.15) is 16.9 Å². The highest BCUT2D eigenvalue weighted by atomic mass is 79.9. The summed E-state index contributed by atoms with van der Waals surface area (Å²) in [6.07, 6.45) is 1.54. The van der Waals surface area contributed by atoms with Gasteiger partial charge >= 0.3 is 6.09 Å². The molecule has 2 atom stereocenters. The highest BCUT2D eigenvalue weighted by Crippen LogP contribution is 2.52. The van der Waals surface area contributed by atoms with Gasteiger partial charge in [0.2, 0.25) is 0 Å². The fraction of sp³-hybridized carbons (Fsp3) is 0.562. The molecule has 0 bridgehead atoms. The van der Waals surface area contributed by atoms with E-state index in [1.807, 2.05) is 6.07 Å². The zero-order chi connectivity index (χ0) is 17.0. The molecule has 0 unspecified atom stereocenters. The predicted octanol–water partition coefficient (Wildman–Crippen LogP) is 3.98. The van der Waals surface area contributed by atoms with Crippen LogP contribution in [0.25, 0.3) is 11.2 Å². The number of carbonyl (C=O) groups is 1. The standard InChI is InChI=1S/C16H21BrN4O2/c1-9-6-16(15(2,3)4,21(8-9)14(22)23)13-19-11-5-10(17)7-18-12(11)20-13/h5,7,9H,6,8H2,1-4H3,(H,22,23)(H,18,19,20)/t9-,16+/m0/s1. The molecule has 23 heavy (non-hydrogen) atoms. The number of imidazole rings is 1. The Morgan fingerprint density at radius 3 is 2.83 bits per heavy atom. The lowest BCUT2D eigenvalue weighted by atomic mass is 9.70. The minimum Gasteiger partial charge on any atom is -0.465 e. The van der Waals surface area contributed by atoms with E-state index in [0.717, 1.165) is 16.4 Å². The molecule has 2 aromatic rings. The van der Waals surface area contributed by atoms with Crippen molar-refractivity contribution in [3.05, 3.63) is 22.6 Å². The van der Waals surface area contributed by atoms with Gasteiger partial charge in [0.05, 0.1) is 0 Å².